The molecule has 5 aromatic carbocycles. The zero-order chi connectivity index (χ0) is 27.9. The van der Waals surface area contributed by atoms with Crippen LogP contribution in [-0.2, 0) is 14.7 Å². The van der Waals surface area contributed by atoms with Gasteiger partial charge in [0.05, 0.1) is 16.6 Å². The molecule has 3 heteroatoms. The van der Waals surface area contributed by atoms with E-state index in [0.29, 0.717) is 0 Å². The molecule has 0 aromatic heterocycles. The lowest BCUT2D eigenvalue weighted by molar-refractivity contribution is 0.00578. The molecule has 1 aliphatic heterocycles. The highest BCUT2D eigenvalue weighted by Crippen LogP contribution is 2.67. The van der Waals surface area contributed by atoms with Gasteiger partial charge in [0.15, 0.2) is 0 Å². The van der Waals surface area contributed by atoms with Gasteiger partial charge in [-0.25, -0.2) is 0 Å². The monoisotopic (exact) mass is 530 g/mol. The highest BCUT2D eigenvalue weighted by Gasteiger charge is 2.55. The maximum absolute atomic E-state index is 6.52. The van der Waals surface area contributed by atoms with E-state index in [0.717, 1.165) is 5.46 Å². The zero-order valence-corrected chi connectivity index (χ0v) is 24.1. The van der Waals surface area contributed by atoms with Crippen LogP contribution in [0.5, 0.6) is 0 Å². The van der Waals surface area contributed by atoms with Crippen LogP contribution in [0.15, 0.2) is 97.1 Å². The van der Waals surface area contributed by atoms with Crippen LogP contribution < -0.4 is 5.46 Å². The van der Waals surface area contributed by atoms with Crippen LogP contribution in [0.3, 0.4) is 0 Å². The van der Waals surface area contributed by atoms with Gasteiger partial charge < -0.3 is 9.31 Å². The van der Waals surface area contributed by atoms with Gasteiger partial charge in [0.2, 0.25) is 0 Å². The van der Waals surface area contributed by atoms with Gasteiger partial charge in [0.25, 0.3) is 0 Å². The fourth-order valence-corrected chi connectivity index (χ4v) is 8.09. The summed E-state index contributed by atoms with van der Waals surface area (Å²) in [6.45, 7) is 10.7. The van der Waals surface area contributed by atoms with Gasteiger partial charge in [0, 0.05) is 0 Å². The van der Waals surface area contributed by atoms with Crippen LogP contribution >= 0.6 is 0 Å². The minimum absolute atomic E-state index is 0.283. The summed E-state index contributed by atoms with van der Waals surface area (Å²) in [7, 11) is -0.395. The molecule has 1 saturated heterocycles. The lowest BCUT2D eigenvalue weighted by Gasteiger charge is -2.36. The Bertz CT molecular complexity index is 1950. The summed E-state index contributed by atoms with van der Waals surface area (Å²) in [6, 6.07) is 36.6. The molecular weight excluding hydrogens is 499 g/mol. The molecule has 1 spiro atoms. The van der Waals surface area contributed by atoms with E-state index in [1.165, 1.54) is 72.3 Å². The van der Waals surface area contributed by atoms with Crippen molar-refractivity contribution in [3.63, 3.8) is 0 Å². The Morgan fingerprint density at radius 1 is 0.537 bits per heavy atom. The molecule has 0 radical (unpaired) electrons. The van der Waals surface area contributed by atoms with E-state index < -0.39 is 7.12 Å². The van der Waals surface area contributed by atoms with Gasteiger partial charge in [-0.3, -0.25) is 0 Å². The first-order chi connectivity index (χ1) is 19.7. The number of fused-ring (bicyclic) bond motifs is 6. The second kappa shape index (κ2) is 7.48. The number of benzene rings is 5. The van der Waals surface area contributed by atoms with Crippen molar-refractivity contribution in [2.75, 3.05) is 0 Å². The Labute approximate surface area is 242 Å². The van der Waals surface area contributed by atoms with Gasteiger partial charge in [-0.1, -0.05) is 91.0 Å². The molecule has 1 unspecified atom stereocenters. The fourth-order valence-electron chi connectivity index (χ4n) is 8.09. The van der Waals surface area contributed by atoms with E-state index in [-0.39, 0.29) is 16.6 Å². The summed E-state index contributed by atoms with van der Waals surface area (Å²) in [5.41, 5.74) is 17.5. The van der Waals surface area contributed by atoms with Crippen molar-refractivity contribution in [2.45, 2.75) is 51.2 Å². The Balaban J connectivity index is 1.34. The molecule has 1 atom stereocenters. The highest BCUT2D eigenvalue weighted by atomic mass is 16.7. The maximum Gasteiger partial charge on any atom is 0.495 e. The van der Waals surface area contributed by atoms with Gasteiger partial charge >= 0.3 is 7.12 Å². The largest absolute Gasteiger partial charge is 0.495 e. The first-order valence-electron chi connectivity index (χ1n) is 14.7. The van der Waals surface area contributed by atoms with Crippen LogP contribution in [0.4, 0.5) is 0 Å². The minimum Gasteiger partial charge on any atom is -0.399 e. The molecule has 41 heavy (non-hydrogen) atoms. The van der Waals surface area contributed by atoms with Gasteiger partial charge in [-0.2, -0.15) is 0 Å². The first-order valence-corrected chi connectivity index (χ1v) is 14.7. The molecule has 5 aromatic rings. The molecule has 198 valence electrons. The smallest absolute Gasteiger partial charge is 0.399 e. The molecular formula is C38H31BO2. The Hall–Kier alpha value is -3.92. The molecule has 4 aliphatic rings. The predicted octanol–water partition coefficient (Wildman–Crippen LogP) is 8.29. The number of hydrogen-bond acceptors (Lipinski definition) is 2. The summed E-state index contributed by atoms with van der Waals surface area (Å²) in [6.07, 6.45) is 0. The minimum atomic E-state index is -0.395. The van der Waals surface area contributed by atoms with Gasteiger partial charge in [0.1, 0.15) is 0 Å². The third-order valence-electron chi connectivity index (χ3n) is 10.7. The van der Waals surface area contributed by atoms with Crippen LogP contribution in [0, 0.1) is 6.92 Å². The normalized spacial score (nSPS) is 21.0. The van der Waals surface area contributed by atoms with Crippen molar-refractivity contribution in [3.05, 3.63) is 125 Å². The average molecular weight is 530 g/mol. The summed E-state index contributed by atoms with van der Waals surface area (Å²) >= 11 is 0. The summed E-state index contributed by atoms with van der Waals surface area (Å²) in [5.74, 6) is 0. The van der Waals surface area contributed by atoms with E-state index in [2.05, 4.69) is 132 Å². The van der Waals surface area contributed by atoms with Gasteiger partial charge in [-0.15, -0.1) is 0 Å². The summed E-state index contributed by atoms with van der Waals surface area (Å²) in [4.78, 5) is 0. The second-order valence-corrected chi connectivity index (χ2v) is 13.1. The SMILES string of the molecule is Cc1c(B2OC(C)(C)C(C)(C)O2)cccc1-c1ccc2c3c1-c1ccc4c(c1)C3(c1ccccc1-4)c1ccccc1-2. The lowest BCUT2D eigenvalue weighted by atomic mass is 9.64. The standard InChI is InChI=1S/C38H31BO2/c1-22-24(13-10-16-33(22)39-40-36(2,3)37(4,5)41-39)28-19-20-29-26-12-7-9-15-31(26)38-30-14-8-6-11-25(30)27-18-17-23(21-32(27)38)34(28)35(29)38/h6-21H,1-5H3. The van der Waals surface area contributed by atoms with Crippen LogP contribution in [0.2, 0.25) is 0 Å². The van der Waals surface area contributed by atoms with Crippen molar-refractivity contribution >= 4 is 12.6 Å². The first kappa shape index (κ1) is 23.8. The van der Waals surface area contributed by atoms with E-state index >= 15 is 0 Å². The number of hydrogen-bond donors (Lipinski definition) is 0. The molecule has 3 aliphatic carbocycles. The third-order valence-corrected chi connectivity index (χ3v) is 10.7. The molecule has 1 heterocycles. The van der Waals surface area contributed by atoms with Crippen molar-refractivity contribution in [1.29, 1.82) is 0 Å². The van der Waals surface area contributed by atoms with Crippen molar-refractivity contribution in [3.8, 4) is 44.5 Å². The van der Waals surface area contributed by atoms with E-state index in [4.69, 9.17) is 9.31 Å². The number of rotatable bonds is 2. The van der Waals surface area contributed by atoms with E-state index in [1.807, 2.05) is 0 Å². The average Bonchev–Trinajstić information content (AvgIpc) is 3.53. The van der Waals surface area contributed by atoms with Crippen molar-refractivity contribution in [1.82, 2.24) is 0 Å². The topological polar surface area (TPSA) is 18.5 Å². The Morgan fingerprint density at radius 2 is 1.10 bits per heavy atom. The van der Waals surface area contributed by atoms with Crippen LogP contribution in [0.25, 0.3) is 44.5 Å². The molecule has 0 N–H and O–H groups in total. The van der Waals surface area contributed by atoms with E-state index in [1.54, 1.807) is 0 Å². The second-order valence-electron chi connectivity index (χ2n) is 13.1. The molecule has 2 bridgehead atoms. The molecule has 0 amide bonds. The van der Waals surface area contributed by atoms with Crippen molar-refractivity contribution < 1.29 is 9.31 Å². The Morgan fingerprint density at radius 3 is 1.80 bits per heavy atom. The molecule has 2 nitrogen and oxygen atoms in total. The Kier molecular flexibility index (Phi) is 4.33. The van der Waals surface area contributed by atoms with Crippen LogP contribution in [0.1, 0.15) is 55.5 Å². The van der Waals surface area contributed by atoms with Gasteiger partial charge in [-0.05, 0) is 118 Å². The van der Waals surface area contributed by atoms with Crippen LogP contribution in [-0.4, -0.2) is 18.3 Å². The quantitative estimate of drug-likeness (QED) is 0.210. The molecule has 9 rings (SSSR count). The van der Waals surface area contributed by atoms with Crippen molar-refractivity contribution in [2.24, 2.45) is 0 Å². The predicted molar refractivity (Wildman–Crippen MR) is 168 cm³/mol. The molecule has 1 fully saturated rings. The summed E-state index contributed by atoms with van der Waals surface area (Å²) < 4.78 is 13.0. The lowest BCUT2D eigenvalue weighted by Crippen LogP contribution is -2.41. The maximum atomic E-state index is 6.52. The highest BCUT2D eigenvalue weighted by molar-refractivity contribution is 6.62. The summed E-state index contributed by atoms with van der Waals surface area (Å²) in [5, 5.41) is 0. The third kappa shape index (κ3) is 2.68. The van der Waals surface area contributed by atoms with E-state index in [9.17, 15) is 0 Å². The fraction of sp³-hybridized carbons (Fsp3) is 0.211. The molecule has 0 saturated carbocycles. The zero-order valence-electron chi connectivity index (χ0n) is 24.1.